The first-order valence-corrected chi connectivity index (χ1v) is 11.2. The van der Waals surface area contributed by atoms with Crippen molar-refractivity contribution < 1.29 is 19.4 Å². The van der Waals surface area contributed by atoms with Gasteiger partial charge in [0, 0.05) is 16.9 Å². The van der Waals surface area contributed by atoms with Gasteiger partial charge in [-0.25, -0.2) is 9.59 Å². The van der Waals surface area contributed by atoms with Crippen molar-refractivity contribution in [3.63, 3.8) is 0 Å². The zero-order valence-electron chi connectivity index (χ0n) is 18.2. The number of esters is 1. The van der Waals surface area contributed by atoms with E-state index in [9.17, 15) is 14.7 Å². The van der Waals surface area contributed by atoms with E-state index in [-0.39, 0.29) is 5.56 Å². The molecule has 4 rings (SSSR count). The number of carbonyl (C=O) groups excluding carboxylic acids is 1. The third kappa shape index (κ3) is 4.94. The van der Waals surface area contributed by atoms with E-state index >= 15 is 0 Å². The summed E-state index contributed by atoms with van der Waals surface area (Å²) in [5.74, 6) is -1.53. The Labute approximate surface area is 205 Å². The van der Waals surface area contributed by atoms with Crippen LogP contribution in [0.3, 0.4) is 0 Å². The van der Waals surface area contributed by atoms with Crippen LogP contribution in [0.2, 0.25) is 0 Å². The minimum absolute atomic E-state index is 0.0804. The molecule has 0 atom stereocenters. The summed E-state index contributed by atoms with van der Waals surface area (Å²) in [7, 11) is 1.33. The van der Waals surface area contributed by atoms with Crippen molar-refractivity contribution in [2.45, 2.75) is 0 Å². The van der Waals surface area contributed by atoms with E-state index < -0.39 is 11.9 Å². The van der Waals surface area contributed by atoms with Gasteiger partial charge in [0.2, 0.25) is 0 Å². The molecule has 4 aromatic carbocycles. The number of methoxy groups -OCH3 is 1. The predicted octanol–water partition coefficient (Wildman–Crippen LogP) is 7.09. The van der Waals surface area contributed by atoms with Gasteiger partial charge in [-0.3, -0.25) is 0 Å². The van der Waals surface area contributed by atoms with Gasteiger partial charge < -0.3 is 20.5 Å². The van der Waals surface area contributed by atoms with Crippen LogP contribution in [0.25, 0.3) is 11.1 Å². The first kappa shape index (κ1) is 23.1. The number of carboxylic acid groups (broad SMARTS) is 1. The van der Waals surface area contributed by atoms with Crippen molar-refractivity contribution in [2.75, 3.05) is 17.7 Å². The summed E-state index contributed by atoms with van der Waals surface area (Å²) in [5.41, 5.74) is 4.45. The van der Waals surface area contributed by atoms with E-state index in [4.69, 9.17) is 4.74 Å². The van der Waals surface area contributed by atoms with Crippen LogP contribution < -0.4 is 10.6 Å². The van der Waals surface area contributed by atoms with Crippen molar-refractivity contribution in [2.24, 2.45) is 0 Å². The molecule has 0 saturated carbocycles. The molecule has 4 aromatic rings. The lowest BCUT2D eigenvalue weighted by Gasteiger charge is -2.20. The summed E-state index contributed by atoms with van der Waals surface area (Å²) in [6, 6.07) is 27.6. The average Bonchev–Trinajstić information content (AvgIpc) is 2.86. The zero-order chi connectivity index (χ0) is 24.1. The van der Waals surface area contributed by atoms with Gasteiger partial charge in [-0.2, -0.15) is 0 Å². The second-order valence-electron chi connectivity index (χ2n) is 7.39. The molecule has 0 aliphatic rings. The van der Waals surface area contributed by atoms with Crippen LogP contribution in [-0.2, 0) is 4.74 Å². The van der Waals surface area contributed by atoms with Gasteiger partial charge in [-0.15, -0.1) is 0 Å². The van der Waals surface area contributed by atoms with Gasteiger partial charge in [-0.1, -0.05) is 48.5 Å². The normalized spacial score (nSPS) is 10.4. The second kappa shape index (κ2) is 10.2. The number of aromatic carboxylic acids is 1. The molecule has 0 radical (unpaired) electrons. The largest absolute Gasteiger partial charge is 0.478 e. The highest BCUT2D eigenvalue weighted by Crippen LogP contribution is 2.43. The minimum Gasteiger partial charge on any atom is -0.478 e. The Morgan fingerprint density at radius 1 is 0.824 bits per heavy atom. The molecular weight excluding hydrogens is 496 g/mol. The Balaban J connectivity index is 1.91. The zero-order valence-corrected chi connectivity index (χ0v) is 19.8. The molecule has 0 aliphatic carbocycles. The molecule has 0 heterocycles. The van der Waals surface area contributed by atoms with Crippen LogP contribution >= 0.6 is 15.9 Å². The van der Waals surface area contributed by atoms with E-state index in [2.05, 4.69) is 26.6 Å². The van der Waals surface area contributed by atoms with Crippen molar-refractivity contribution in [3.8, 4) is 11.1 Å². The monoisotopic (exact) mass is 516 g/mol. The lowest BCUT2D eigenvalue weighted by atomic mass is 9.97. The van der Waals surface area contributed by atoms with Crippen LogP contribution in [0.4, 0.5) is 22.7 Å². The average molecular weight is 517 g/mol. The van der Waals surface area contributed by atoms with Gasteiger partial charge in [0.05, 0.1) is 34.1 Å². The fourth-order valence-corrected chi connectivity index (χ4v) is 4.14. The molecular formula is C27H21BrN2O4. The number of ether oxygens (including phenoxy) is 1. The summed E-state index contributed by atoms with van der Waals surface area (Å²) >= 11 is 3.51. The maximum Gasteiger partial charge on any atom is 0.339 e. The number of carboxylic acids is 1. The third-order valence-corrected chi connectivity index (χ3v) is 6.01. The number of hydrogen-bond acceptors (Lipinski definition) is 5. The van der Waals surface area contributed by atoms with Gasteiger partial charge in [0.1, 0.15) is 0 Å². The molecule has 0 amide bonds. The number of halogens is 1. The number of rotatable bonds is 7. The smallest absolute Gasteiger partial charge is 0.339 e. The van der Waals surface area contributed by atoms with Crippen LogP contribution in [0.5, 0.6) is 0 Å². The van der Waals surface area contributed by atoms with E-state index in [1.165, 1.54) is 7.11 Å². The van der Waals surface area contributed by atoms with Gasteiger partial charge in [-0.05, 0) is 64.0 Å². The summed E-state index contributed by atoms with van der Waals surface area (Å²) in [6.45, 7) is 0. The standard InChI is InChI=1S/C27H21BrN2O4/c1-34-27(33)18-14-12-17(13-15-18)21-16-22(29-19-8-4-2-5-9-19)24(28)23(26(31)32)25(21)30-20-10-6-3-7-11-20/h2-16,29-30H,1H3,(H,31,32). The van der Waals surface area contributed by atoms with Crippen LogP contribution in [0.15, 0.2) is 95.5 Å². The van der Waals surface area contributed by atoms with Gasteiger partial charge in [0.25, 0.3) is 0 Å². The molecule has 34 heavy (non-hydrogen) atoms. The third-order valence-electron chi connectivity index (χ3n) is 5.19. The van der Waals surface area contributed by atoms with Crippen LogP contribution in [-0.4, -0.2) is 24.2 Å². The molecule has 0 fully saturated rings. The number of hydrogen-bond donors (Lipinski definition) is 3. The Morgan fingerprint density at radius 3 is 1.91 bits per heavy atom. The fraction of sp³-hybridized carbons (Fsp3) is 0.0370. The molecule has 170 valence electrons. The molecule has 0 saturated heterocycles. The first-order valence-electron chi connectivity index (χ1n) is 10.4. The summed E-state index contributed by atoms with van der Waals surface area (Å²) in [5, 5.41) is 16.7. The number of benzene rings is 4. The number of carbonyl (C=O) groups is 2. The van der Waals surface area contributed by atoms with E-state index in [1.54, 1.807) is 24.3 Å². The lowest BCUT2D eigenvalue weighted by molar-refractivity contribution is 0.0600. The summed E-state index contributed by atoms with van der Waals surface area (Å²) < 4.78 is 5.21. The second-order valence-corrected chi connectivity index (χ2v) is 8.18. The van der Waals surface area contributed by atoms with Crippen molar-refractivity contribution in [1.29, 1.82) is 0 Å². The SMILES string of the molecule is COC(=O)c1ccc(-c2cc(Nc3ccccc3)c(Br)c(C(=O)O)c2Nc2ccccc2)cc1. The fourth-order valence-electron chi connectivity index (χ4n) is 3.55. The molecule has 0 spiro atoms. The van der Waals surface area contributed by atoms with Crippen LogP contribution in [0.1, 0.15) is 20.7 Å². The summed E-state index contributed by atoms with van der Waals surface area (Å²) in [4.78, 5) is 24.3. The number of anilines is 4. The van der Waals surface area contributed by atoms with E-state index in [0.29, 0.717) is 27.0 Å². The Morgan fingerprint density at radius 2 is 1.38 bits per heavy atom. The van der Waals surface area contributed by atoms with Crippen molar-refractivity contribution in [3.05, 3.63) is 107 Å². The molecule has 7 heteroatoms. The summed E-state index contributed by atoms with van der Waals surface area (Å²) in [6.07, 6.45) is 0. The van der Waals surface area contributed by atoms with Crippen molar-refractivity contribution >= 4 is 50.6 Å². The van der Waals surface area contributed by atoms with E-state index in [1.807, 2.05) is 66.7 Å². The van der Waals surface area contributed by atoms with Crippen molar-refractivity contribution in [1.82, 2.24) is 0 Å². The minimum atomic E-state index is -1.09. The van der Waals surface area contributed by atoms with E-state index in [0.717, 1.165) is 16.9 Å². The Kier molecular flexibility index (Phi) is 6.94. The highest BCUT2D eigenvalue weighted by atomic mass is 79.9. The quantitative estimate of drug-likeness (QED) is 0.227. The Bertz CT molecular complexity index is 1320. The molecule has 0 aliphatic heterocycles. The maximum absolute atomic E-state index is 12.4. The predicted molar refractivity (Wildman–Crippen MR) is 137 cm³/mol. The lowest BCUT2D eigenvalue weighted by Crippen LogP contribution is -2.08. The number of nitrogens with one attached hydrogen (secondary N) is 2. The highest BCUT2D eigenvalue weighted by Gasteiger charge is 2.23. The molecule has 3 N–H and O–H groups in total. The van der Waals surface area contributed by atoms with Gasteiger partial charge in [0.15, 0.2) is 0 Å². The molecule has 6 nitrogen and oxygen atoms in total. The first-order chi connectivity index (χ1) is 16.5. The maximum atomic E-state index is 12.4. The highest BCUT2D eigenvalue weighted by molar-refractivity contribution is 9.10. The molecule has 0 aromatic heterocycles. The van der Waals surface area contributed by atoms with Gasteiger partial charge >= 0.3 is 11.9 Å². The van der Waals surface area contributed by atoms with Crippen LogP contribution in [0, 0.1) is 0 Å². The molecule has 0 bridgehead atoms. The topological polar surface area (TPSA) is 87.7 Å². The molecule has 0 unspecified atom stereocenters. The number of para-hydroxylation sites is 2. The Hall–Kier alpha value is -4.10.